The summed E-state index contributed by atoms with van der Waals surface area (Å²) >= 11 is 0. The van der Waals surface area contributed by atoms with Gasteiger partial charge in [-0.3, -0.25) is 4.98 Å². The average molecular weight is 360 g/mol. The van der Waals surface area contributed by atoms with Crippen molar-refractivity contribution in [3.8, 4) is 11.3 Å². The minimum atomic E-state index is 0.176. The molecule has 28 heavy (non-hydrogen) atoms. The zero-order chi connectivity index (χ0) is 19.1. The van der Waals surface area contributed by atoms with Crippen molar-refractivity contribution in [2.75, 3.05) is 0 Å². The summed E-state index contributed by atoms with van der Waals surface area (Å²) in [5, 5.41) is 0. The van der Waals surface area contributed by atoms with E-state index in [-0.39, 0.29) is 6.85 Å². The number of nitrogens with zero attached hydrogens (tertiary/aromatic N) is 2. The predicted octanol–water partition coefficient (Wildman–Crippen LogP) is 4.21. The molecule has 134 valence electrons. The summed E-state index contributed by atoms with van der Waals surface area (Å²) in [5.41, 5.74) is 10.0. The van der Waals surface area contributed by atoms with Gasteiger partial charge in [0.2, 0.25) is 0 Å². The normalized spacial score (nSPS) is 14.6. The first-order chi connectivity index (χ1) is 13.7. The Kier molecular flexibility index (Phi) is 4.02. The number of aromatic nitrogens is 1. The number of fused-ring (bicyclic) bond motifs is 2. The number of hydrogen-bond acceptors (Lipinski definition) is 2. The van der Waals surface area contributed by atoms with Crippen molar-refractivity contribution >= 4 is 23.8 Å². The lowest BCUT2D eigenvalue weighted by molar-refractivity contribution is 0.746. The number of allylic oxidation sites excluding steroid dienone is 3. The highest BCUT2D eigenvalue weighted by Gasteiger charge is 2.35. The van der Waals surface area contributed by atoms with Crippen LogP contribution in [0.15, 0.2) is 90.9 Å². The molecule has 5 rings (SSSR count). The number of aryl methyl sites for hydroxylation is 2. The van der Waals surface area contributed by atoms with Crippen molar-refractivity contribution in [2.45, 2.75) is 13.8 Å². The Morgan fingerprint density at radius 1 is 0.893 bits per heavy atom. The van der Waals surface area contributed by atoms with Gasteiger partial charge in [-0.1, -0.05) is 53.6 Å². The number of pyridine rings is 1. The monoisotopic (exact) mass is 360 g/mol. The highest BCUT2D eigenvalue weighted by atomic mass is 15.1. The molecule has 2 aliphatic rings. The predicted molar refractivity (Wildman–Crippen MR) is 119 cm³/mol. The number of hydrogen-bond donors (Lipinski definition) is 0. The highest BCUT2D eigenvalue weighted by Crippen LogP contribution is 2.27. The summed E-state index contributed by atoms with van der Waals surface area (Å²) in [5.74, 6) is 0. The second-order valence-electron chi connectivity index (χ2n) is 7.44. The third kappa shape index (κ3) is 2.71. The molecule has 0 spiro atoms. The van der Waals surface area contributed by atoms with Crippen molar-refractivity contribution in [3.05, 3.63) is 108 Å². The van der Waals surface area contributed by atoms with E-state index in [9.17, 15) is 0 Å². The van der Waals surface area contributed by atoms with E-state index in [1.165, 1.54) is 33.3 Å². The standard InChI is InChI=1S/C25H21BN2/c1-18-8-7-9-19(2)25(18)26-23-13-12-20(24-11-3-5-14-27-24)16-21(23)17-22-10-4-6-15-28(22)26/h3-17H,1-2H3. The summed E-state index contributed by atoms with van der Waals surface area (Å²) < 4.78 is 0. The molecule has 0 saturated carbocycles. The Labute approximate surface area is 166 Å². The molecule has 1 aromatic heterocycles. The van der Waals surface area contributed by atoms with Crippen LogP contribution in [0.2, 0.25) is 0 Å². The van der Waals surface area contributed by atoms with Gasteiger partial charge < -0.3 is 4.81 Å². The van der Waals surface area contributed by atoms with E-state index in [0.717, 1.165) is 11.3 Å². The van der Waals surface area contributed by atoms with Crippen LogP contribution in [0, 0.1) is 13.8 Å². The Morgan fingerprint density at radius 3 is 2.54 bits per heavy atom. The van der Waals surface area contributed by atoms with Crippen LogP contribution in [0.3, 0.4) is 0 Å². The minimum Gasteiger partial charge on any atom is -0.383 e. The lowest BCUT2D eigenvalue weighted by atomic mass is 9.45. The van der Waals surface area contributed by atoms with Crippen LogP contribution >= 0.6 is 0 Å². The van der Waals surface area contributed by atoms with Crippen molar-refractivity contribution in [1.29, 1.82) is 0 Å². The van der Waals surface area contributed by atoms with E-state index in [0.29, 0.717) is 0 Å². The third-order valence-electron chi connectivity index (χ3n) is 5.66. The van der Waals surface area contributed by atoms with E-state index in [1.807, 2.05) is 18.3 Å². The van der Waals surface area contributed by atoms with Crippen LogP contribution in [0.4, 0.5) is 0 Å². The summed E-state index contributed by atoms with van der Waals surface area (Å²) in [7, 11) is 0. The van der Waals surface area contributed by atoms with Gasteiger partial charge in [-0.05, 0) is 73.0 Å². The smallest absolute Gasteiger partial charge is 0.328 e. The zero-order valence-corrected chi connectivity index (χ0v) is 16.1. The first-order valence-corrected chi connectivity index (χ1v) is 9.69. The van der Waals surface area contributed by atoms with Gasteiger partial charge in [-0.15, -0.1) is 0 Å². The summed E-state index contributed by atoms with van der Waals surface area (Å²) in [6.45, 7) is 4.60. The third-order valence-corrected chi connectivity index (χ3v) is 5.66. The quantitative estimate of drug-likeness (QED) is 0.637. The highest BCUT2D eigenvalue weighted by molar-refractivity contribution is 6.85. The van der Waals surface area contributed by atoms with Crippen LogP contribution in [0.5, 0.6) is 0 Å². The van der Waals surface area contributed by atoms with Crippen molar-refractivity contribution in [1.82, 2.24) is 9.79 Å². The molecule has 3 heteroatoms. The summed E-state index contributed by atoms with van der Waals surface area (Å²) in [4.78, 5) is 6.92. The lowest BCUT2D eigenvalue weighted by Gasteiger charge is -2.37. The van der Waals surface area contributed by atoms with Crippen molar-refractivity contribution in [3.63, 3.8) is 0 Å². The van der Waals surface area contributed by atoms with Gasteiger partial charge in [0, 0.05) is 17.5 Å². The molecule has 0 radical (unpaired) electrons. The second kappa shape index (κ2) is 6.68. The fourth-order valence-electron chi connectivity index (χ4n) is 4.33. The fraction of sp³-hybridized carbons (Fsp3) is 0.0800. The molecule has 0 amide bonds. The summed E-state index contributed by atoms with van der Waals surface area (Å²) in [6, 6.07) is 19.4. The van der Waals surface area contributed by atoms with Crippen LogP contribution in [0.1, 0.15) is 16.7 Å². The summed E-state index contributed by atoms with van der Waals surface area (Å²) in [6.07, 6.45) is 12.7. The molecule has 0 N–H and O–H groups in total. The molecule has 0 aliphatic carbocycles. The minimum absolute atomic E-state index is 0.176. The van der Waals surface area contributed by atoms with Gasteiger partial charge >= 0.3 is 6.85 Å². The Balaban J connectivity index is 1.72. The van der Waals surface area contributed by atoms with Gasteiger partial charge in [-0.25, -0.2) is 0 Å². The molecule has 2 nitrogen and oxygen atoms in total. The SMILES string of the molecule is Cc1cccc(C)c1B1c2ccc(-c3ccccn3)cc2C=C2C=CC=CN12. The molecule has 2 aromatic carbocycles. The molecular formula is C25H21BN2. The van der Waals surface area contributed by atoms with Gasteiger partial charge in [0.25, 0.3) is 0 Å². The maximum Gasteiger partial charge on any atom is 0.328 e. The van der Waals surface area contributed by atoms with Crippen LogP contribution < -0.4 is 10.9 Å². The van der Waals surface area contributed by atoms with E-state index < -0.39 is 0 Å². The lowest BCUT2D eigenvalue weighted by Crippen LogP contribution is -2.58. The van der Waals surface area contributed by atoms with E-state index in [1.54, 1.807) is 0 Å². The zero-order valence-electron chi connectivity index (χ0n) is 16.1. The van der Waals surface area contributed by atoms with Gasteiger partial charge in [0.15, 0.2) is 0 Å². The van der Waals surface area contributed by atoms with Crippen LogP contribution in [0.25, 0.3) is 17.3 Å². The second-order valence-corrected chi connectivity index (χ2v) is 7.44. The molecule has 0 unspecified atom stereocenters. The van der Waals surface area contributed by atoms with Crippen molar-refractivity contribution in [2.24, 2.45) is 0 Å². The van der Waals surface area contributed by atoms with Gasteiger partial charge in [-0.2, -0.15) is 0 Å². The van der Waals surface area contributed by atoms with Crippen molar-refractivity contribution < 1.29 is 0 Å². The van der Waals surface area contributed by atoms with E-state index in [2.05, 4.69) is 96.6 Å². The Hall–Kier alpha value is -3.33. The van der Waals surface area contributed by atoms with Crippen LogP contribution in [-0.4, -0.2) is 16.6 Å². The maximum absolute atomic E-state index is 4.53. The molecule has 0 bridgehead atoms. The molecule has 0 atom stereocenters. The Bertz CT molecular complexity index is 1120. The first-order valence-electron chi connectivity index (χ1n) is 9.69. The topological polar surface area (TPSA) is 16.1 Å². The number of rotatable bonds is 2. The molecule has 0 fully saturated rings. The van der Waals surface area contributed by atoms with Gasteiger partial charge in [0.1, 0.15) is 0 Å². The van der Waals surface area contributed by atoms with Gasteiger partial charge in [0.05, 0.1) is 5.69 Å². The first kappa shape index (κ1) is 16.8. The largest absolute Gasteiger partial charge is 0.383 e. The molecule has 2 aliphatic heterocycles. The molecular weight excluding hydrogens is 339 g/mol. The Morgan fingerprint density at radius 2 is 1.75 bits per heavy atom. The average Bonchev–Trinajstić information content (AvgIpc) is 2.73. The molecule has 3 aromatic rings. The van der Waals surface area contributed by atoms with Crippen LogP contribution in [-0.2, 0) is 0 Å². The van der Waals surface area contributed by atoms with E-state index >= 15 is 0 Å². The van der Waals surface area contributed by atoms with E-state index in [4.69, 9.17) is 0 Å². The maximum atomic E-state index is 4.53. The molecule has 0 saturated heterocycles. The number of benzene rings is 2. The molecule has 3 heterocycles. The fourth-order valence-corrected chi connectivity index (χ4v) is 4.33.